The maximum Gasteiger partial charge on any atom is 0.338 e. The van der Waals surface area contributed by atoms with Crippen LogP contribution in [0.3, 0.4) is 0 Å². The number of aromatic nitrogens is 4. The number of thioether (sulfide) groups is 1. The Hall–Kier alpha value is -3.20. The molecule has 0 radical (unpaired) electrons. The first-order chi connectivity index (χ1) is 13.5. The van der Waals surface area contributed by atoms with Crippen LogP contribution in [0.2, 0.25) is 0 Å². The van der Waals surface area contributed by atoms with E-state index in [1.165, 1.54) is 16.4 Å². The molecule has 28 heavy (non-hydrogen) atoms. The van der Waals surface area contributed by atoms with E-state index in [0.29, 0.717) is 16.4 Å². The summed E-state index contributed by atoms with van der Waals surface area (Å²) in [6, 6.07) is 16.1. The average Bonchev–Trinajstić information content (AvgIpc) is 3.12. The van der Waals surface area contributed by atoms with Crippen molar-refractivity contribution in [2.24, 2.45) is 7.05 Å². The van der Waals surface area contributed by atoms with E-state index in [-0.39, 0.29) is 17.8 Å². The van der Waals surface area contributed by atoms with E-state index >= 15 is 0 Å². The summed E-state index contributed by atoms with van der Waals surface area (Å²) in [4.78, 5) is 24.3. The van der Waals surface area contributed by atoms with Gasteiger partial charge in [-0.25, -0.2) is 9.48 Å². The van der Waals surface area contributed by atoms with E-state index in [1.807, 2.05) is 37.3 Å². The Balaban J connectivity index is 1.52. The lowest BCUT2D eigenvalue weighted by Crippen LogP contribution is -2.15. The highest BCUT2D eigenvalue weighted by atomic mass is 32.2. The fraction of sp³-hybridized carbons (Fsp3) is 0.211. The van der Waals surface area contributed by atoms with Crippen LogP contribution in [0.4, 0.5) is 5.69 Å². The zero-order chi connectivity index (χ0) is 19.9. The molecule has 1 amide bonds. The van der Waals surface area contributed by atoms with Gasteiger partial charge in [-0.15, -0.1) is 5.10 Å². The molecule has 1 atom stereocenters. The van der Waals surface area contributed by atoms with Gasteiger partial charge in [0, 0.05) is 12.7 Å². The molecule has 3 aromatic rings. The van der Waals surface area contributed by atoms with Crippen molar-refractivity contribution < 1.29 is 14.3 Å². The topological polar surface area (TPSA) is 99.0 Å². The highest BCUT2D eigenvalue weighted by Crippen LogP contribution is 2.19. The zero-order valence-electron chi connectivity index (χ0n) is 15.4. The number of hydrogen-bond acceptors (Lipinski definition) is 7. The van der Waals surface area contributed by atoms with E-state index in [1.54, 1.807) is 31.3 Å². The van der Waals surface area contributed by atoms with Crippen LogP contribution in [0.15, 0.2) is 59.8 Å². The van der Waals surface area contributed by atoms with Crippen LogP contribution < -0.4 is 5.32 Å². The molecule has 0 aliphatic heterocycles. The van der Waals surface area contributed by atoms with Crippen molar-refractivity contribution in [2.45, 2.75) is 18.2 Å². The largest absolute Gasteiger partial charge is 0.454 e. The molecule has 0 aliphatic carbocycles. The Morgan fingerprint density at radius 2 is 1.86 bits per heavy atom. The van der Waals surface area contributed by atoms with Crippen molar-refractivity contribution in [1.29, 1.82) is 0 Å². The van der Waals surface area contributed by atoms with Crippen LogP contribution in [0.1, 0.15) is 28.9 Å². The molecule has 3 rings (SSSR count). The quantitative estimate of drug-likeness (QED) is 0.483. The van der Waals surface area contributed by atoms with Gasteiger partial charge in [-0.1, -0.05) is 42.1 Å². The molecule has 2 aromatic carbocycles. The molecule has 0 aliphatic rings. The van der Waals surface area contributed by atoms with Crippen molar-refractivity contribution in [3.8, 4) is 0 Å². The number of rotatable bonds is 7. The van der Waals surface area contributed by atoms with Gasteiger partial charge in [0.25, 0.3) is 0 Å². The van der Waals surface area contributed by atoms with Gasteiger partial charge in [-0.3, -0.25) is 4.79 Å². The van der Waals surface area contributed by atoms with Gasteiger partial charge in [0.2, 0.25) is 11.1 Å². The second kappa shape index (κ2) is 9.14. The number of hydrogen-bond donors (Lipinski definition) is 1. The lowest BCUT2D eigenvalue weighted by atomic mass is 10.1. The smallest absolute Gasteiger partial charge is 0.338 e. The standard InChI is InChI=1S/C19H19N5O3S/c1-13(14-6-4-3-5-7-14)27-18(26)15-8-10-16(11-9-15)20-17(25)12-28-19-21-22-23-24(19)2/h3-11,13H,12H2,1-2H3,(H,20,25)/t13-/m1/s1. The molecule has 0 saturated carbocycles. The van der Waals surface area contributed by atoms with Gasteiger partial charge < -0.3 is 10.1 Å². The maximum atomic E-state index is 12.3. The summed E-state index contributed by atoms with van der Waals surface area (Å²) in [5.74, 6) is -0.437. The first kappa shape index (κ1) is 19.6. The van der Waals surface area contributed by atoms with Crippen molar-refractivity contribution in [3.63, 3.8) is 0 Å². The van der Waals surface area contributed by atoms with Crippen molar-refractivity contribution in [1.82, 2.24) is 20.2 Å². The molecular formula is C19H19N5O3S. The van der Waals surface area contributed by atoms with Crippen molar-refractivity contribution in [3.05, 3.63) is 65.7 Å². The number of aryl methyl sites for hydroxylation is 1. The van der Waals surface area contributed by atoms with Gasteiger partial charge in [0.1, 0.15) is 6.10 Å². The van der Waals surface area contributed by atoms with Crippen LogP contribution >= 0.6 is 11.8 Å². The lowest BCUT2D eigenvalue weighted by Gasteiger charge is -2.13. The van der Waals surface area contributed by atoms with Gasteiger partial charge in [-0.2, -0.15) is 0 Å². The number of nitrogens with one attached hydrogen (secondary N) is 1. The van der Waals surface area contributed by atoms with Crippen LogP contribution in [-0.4, -0.2) is 37.8 Å². The van der Waals surface area contributed by atoms with Gasteiger partial charge >= 0.3 is 5.97 Å². The van der Waals surface area contributed by atoms with Crippen LogP contribution in [-0.2, 0) is 16.6 Å². The van der Waals surface area contributed by atoms with Gasteiger partial charge in [0.15, 0.2) is 0 Å². The number of tetrazole rings is 1. The summed E-state index contributed by atoms with van der Waals surface area (Å²) in [7, 11) is 1.71. The minimum Gasteiger partial charge on any atom is -0.454 e. The fourth-order valence-corrected chi connectivity index (χ4v) is 3.03. The van der Waals surface area contributed by atoms with Crippen LogP contribution in [0.5, 0.6) is 0 Å². The molecule has 0 fully saturated rings. The molecule has 0 spiro atoms. The number of nitrogens with zero attached hydrogens (tertiary/aromatic N) is 4. The third kappa shape index (κ3) is 5.17. The molecular weight excluding hydrogens is 378 g/mol. The Kier molecular flexibility index (Phi) is 6.38. The molecule has 0 saturated heterocycles. The first-order valence-electron chi connectivity index (χ1n) is 8.54. The van der Waals surface area contributed by atoms with Gasteiger partial charge in [0.05, 0.1) is 11.3 Å². The van der Waals surface area contributed by atoms with E-state index in [4.69, 9.17) is 4.74 Å². The Morgan fingerprint density at radius 3 is 2.50 bits per heavy atom. The summed E-state index contributed by atoms with van der Waals surface area (Å²) in [6.45, 7) is 1.83. The van der Waals surface area contributed by atoms with E-state index < -0.39 is 5.97 Å². The number of ether oxygens (including phenoxy) is 1. The summed E-state index contributed by atoms with van der Waals surface area (Å²) < 4.78 is 6.98. The molecule has 0 bridgehead atoms. The zero-order valence-corrected chi connectivity index (χ0v) is 16.2. The van der Waals surface area contributed by atoms with E-state index in [2.05, 4.69) is 20.8 Å². The number of anilines is 1. The Labute approximate surface area is 166 Å². The summed E-state index contributed by atoms with van der Waals surface area (Å²) in [5, 5.41) is 14.3. The minimum atomic E-state index is -0.417. The summed E-state index contributed by atoms with van der Waals surface area (Å²) in [6.07, 6.45) is -0.347. The average molecular weight is 397 g/mol. The predicted molar refractivity (Wildman–Crippen MR) is 105 cm³/mol. The fourth-order valence-electron chi connectivity index (χ4n) is 2.38. The number of carbonyl (C=O) groups is 2. The summed E-state index contributed by atoms with van der Waals surface area (Å²) >= 11 is 1.23. The third-order valence-corrected chi connectivity index (χ3v) is 4.88. The minimum absolute atomic E-state index is 0.173. The number of amides is 1. The molecule has 8 nitrogen and oxygen atoms in total. The monoisotopic (exact) mass is 397 g/mol. The first-order valence-corrected chi connectivity index (χ1v) is 9.52. The van der Waals surface area contributed by atoms with E-state index in [9.17, 15) is 9.59 Å². The van der Waals surface area contributed by atoms with Crippen molar-refractivity contribution in [2.75, 3.05) is 11.1 Å². The SMILES string of the molecule is C[C@@H](OC(=O)c1ccc(NC(=O)CSc2nnnn2C)cc1)c1ccccc1. The maximum absolute atomic E-state index is 12.3. The lowest BCUT2D eigenvalue weighted by molar-refractivity contribution is -0.113. The second-order valence-corrected chi connectivity index (χ2v) is 6.90. The molecule has 9 heteroatoms. The second-order valence-electron chi connectivity index (χ2n) is 5.96. The normalized spacial score (nSPS) is 11.6. The molecule has 1 N–H and O–H groups in total. The predicted octanol–water partition coefficient (Wildman–Crippen LogP) is 2.86. The van der Waals surface area contributed by atoms with Crippen LogP contribution in [0.25, 0.3) is 0 Å². The highest BCUT2D eigenvalue weighted by molar-refractivity contribution is 7.99. The highest BCUT2D eigenvalue weighted by Gasteiger charge is 2.14. The van der Waals surface area contributed by atoms with Gasteiger partial charge in [-0.05, 0) is 47.2 Å². The number of benzene rings is 2. The van der Waals surface area contributed by atoms with Crippen LogP contribution in [0, 0.1) is 0 Å². The molecule has 144 valence electrons. The van der Waals surface area contributed by atoms with Crippen molar-refractivity contribution >= 4 is 29.3 Å². The third-order valence-electron chi connectivity index (χ3n) is 3.87. The molecule has 1 aromatic heterocycles. The molecule has 0 unspecified atom stereocenters. The Morgan fingerprint density at radius 1 is 1.14 bits per heavy atom. The molecule has 1 heterocycles. The summed E-state index contributed by atoms with van der Waals surface area (Å²) in [5.41, 5.74) is 1.94. The van der Waals surface area contributed by atoms with E-state index in [0.717, 1.165) is 5.56 Å². The number of esters is 1. The number of carbonyl (C=O) groups excluding carboxylic acids is 2. The Bertz CT molecular complexity index is 944.